The van der Waals surface area contributed by atoms with Gasteiger partial charge < -0.3 is 10.3 Å². The number of anilines is 1. The van der Waals surface area contributed by atoms with Crippen molar-refractivity contribution in [1.82, 2.24) is 14.9 Å². The molecule has 1 heterocycles. The average Bonchev–Trinajstić information content (AvgIpc) is 3.25. The zero-order valence-electron chi connectivity index (χ0n) is 15.2. The van der Waals surface area contributed by atoms with Gasteiger partial charge in [0.25, 0.3) is 0 Å². The van der Waals surface area contributed by atoms with Gasteiger partial charge in [-0.1, -0.05) is 24.3 Å². The number of benzene rings is 2. The third-order valence-corrected chi connectivity index (χ3v) is 5.06. The molecule has 0 bridgehead atoms. The summed E-state index contributed by atoms with van der Waals surface area (Å²) in [6.07, 6.45) is -2.59. The van der Waals surface area contributed by atoms with Crippen LogP contribution in [0.25, 0.3) is 11.0 Å². The number of aromatic nitrogens is 2. The van der Waals surface area contributed by atoms with Gasteiger partial charge in [0.2, 0.25) is 11.7 Å². The zero-order chi connectivity index (χ0) is 19.9. The number of halogens is 3. The summed E-state index contributed by atoms with van der Waals surface area (Å²) >= 11 is 0. The molecule has 1 aliphatic rings. The van der Waals surface area contributed by atoms with Crippen LogP contribution in [-0.4, -0.2) is 34.4 Å². The van der Waals surface area contributed by atoms with Crippen molar-refractivity contribution in [1.29, 1.82) is 0 Å². The Morgan fingerprint density at radius 1 is 1.29 bits per heavy atom. The first-order chi connectivity index (χ1) is 13.3. The predicted molar refractivity (Wildman–Crippen MR) is 99.9 cm³/mol. The maximum Gasteiger partial charge on any atom is 0.449 e. The van der Waals surface area contributed by atoms with Crippen molar-refractivity contribution >= 4 is 22.6 Å². The fraction of sp³-hybridized carbons (Fsp3) is 0.300. The fourth-order valence-corrected chi connectivity index (χ4v) is 3.75. The summed E-state index contributed by atoms with van der Waals surface area (Å²) < 4.78 is 38.3. The first-order valence-corrected chi connectivity index (χ1v) is 8.96. The second-order valence-corrected chi connectivity index (χ2v) is 7.03. The number of carbonyl (C=O) groups is 1. The number of amides is 1. The molecule has 4 rings (SSSR count). The predicted octanol–water partition coefficient (Wildman–Crippen LogP) is 4.14. The van der Waals surface area contributed by atoms with E-state index in [1.54, 1.807) is 6.07 Å². The minimum absolute atomic E-state index is 0.186. The Balaban J connectivity index is 1.44. The van der Waals surface area contributed by atoms with Gasteiger partial charge >= 0.3 is 6.18 Å². The van der Waals surface area contributed by atoms with E-state index < -0.39 is 12.0 Å². The third kappa shape index (κ3) is 3.60. The van der Waals surface area contributed by atoms with Gasteiger partial charge in [0.1, 0.15) is 0 Å². The van der Waals surface area contributed by atoms with E-state index in [0.29, 0.717) is 5.69 Å². The Labute approximate surface area is 159 Å². The van der Waals surface area contributed by atoms with Crippen molar-refractivity contribution in [2.45, 2.75) is 25.1 Å². The lowest BCUT2D eigenvalue weighted by molar-refractivity contribution is -0.144. The highest BCUT2D eigenvalue weighted by Crippen LogP contribution is 2.34. The standard InChI is InChI=1S/C20H19F3N4O/c1-27(17-9-6-12-4-2-3-5-14(12)17)11-18(28)24-13-7-8-15-16(10-13)26-19(25-15)20(21,22)23/h2-5,7-8,10,17H,6,9,11H2,1H3,(H,24,28)(H,25,26). The van der Waals surface area contributed by atoms with Crippen molar-refractivity contribution in [3.05, 3.63) is 59.4 Å². The number of alkyl halides is 3. The van der Waals surface area contributed by atoms with Crippen molar-refractivity contribution in [3.63, 3.8) is 0 Å². The lowest BCUT2D eigenvalue weighted by atomic mass is 10.1. The molecule has 0 saturated heterocycles. The number of rotatable bonds is 4. The molecule has 0 saturated carbocycles. The van der Waals surface area contributed by atoms with Gasteiger partial charge in [-0.05, 0) is 49.2 Å². The van der Waals surface area contributed by atoms with Crippen LogP contribution in [0.15, 0.2) is 42.5 Å². The number of nitrogens with one attached hydrogen (secondary N) is 2. The molecule has 28 heavy (non-hydrogen) atoms. The van der Waals surface area contributed by atoms with Crippen LogP contribution in [0.4, 0.5) is 18.9 Å². The van der Waals surface area contributed by atoms with Gasteiger partial charge in [-0.3, -0.25) is 9.69 Å². The summed E-state index contributed by atoms with van der Waals surface area (Å²) in [7, 11) is 1.90. The lowest BCUT2D eigenvalue weighted by Gasteiger charge is -2.24. The van der Waals surface area contributed by atoms with Gasteiger partial charge in [0, 0.05) is 11.7 Å². The molecule has 5 nitrogen and oxygen atoms in total. The molecule has 1 amide bonds. The number of H-pyrrole nitrogens is 1. The number of carbonyl (C=O) groups excluding carboxylic acids is 1. The number of aromatic amines is 1. The topological polar surface area (TPSA) is 61.0 Å². The highest BCUT2D eigenvalue weighted by molar-refractivity contribution is 5.94. The first kappa shape index (κ1) is 18.5. The third-order valence-electron chi connectivity index (χ3n) is 5.06. The molecular weight excluding hydrogens is 369 g/mol. The maximum atomic E-state index is 12.8. The summed E-state index contributed by atoms with van der Waals surface area (Å²) in [5.74, 6) is -1.27. The molecule has 146 valence electrons. The van der Waals surface area contributed by atoms with Crippen LogP contribution in [0, 0.1) is 0 Å². The Kier molecular flexibility index (Phi) is 4.58. The molecule has 0 radical (unpaired) electrons. The van der Waals surface area contributed by atoms with E-state index >= 15 is 0 Å². The van der Waals surface area contributed by atoms with Crippen molar-refractivity contribution in [3.8, 4) is 0 Å². The summed E-state index contributed by atoms with van der Waals surface area (Å²) in [6.45, 7) is 0.188. The molecule has 1 atom stereocenters. The van der Waals surface area contributed by atoms with Crippen molar-refractivity contribution in [2.75, 3.05) is 18.9 Å². The van der Waals surface area contributed by atoms with Crippen LogP contribution in [0.5, 0.6) is 0 Å². The van der Waals surface area contributed by atoms with Gasteiger partial charge in [-0.2, -0.15) is 13.2 Å². The van der Waals surface area contributed by atoms with E-state index in [9.17, 15) is 18.0 Å². The molecule has 0 aliphatic heterocycles. The second kappa shape index (κ2) is 6.94. The Morgan fingerprint density at radius 3 is 2.86 bits per heavy atom. The van der Waals surface area contributed by atoms with Crippen LogP contribution in [0.2, 0.25) is 0 Å². The van der Waals surface area contributed by atoms with Gasteiger partial charge in [0.05, 0.1) is 17.6 Å². The molecule has 8 heteroatoms. The highest BCUT2D eigenvalue weighted by atomic mass is 19.4. The SMILES string of the molecule is CN(CC(=O)Nc1ccc2nc(C(F)(F)F)[nH]c2c1)C1CCc2ccccc21. The van der Waals surface area contributed by atoms with E-state index in [4.69, 9.17) is 0 Å². The van der Waals surface area contributed by atoms with Crippen molar-refractivity contribution < 1.29 is 18.0 Å². The van der Waals surface area contributed by atoms with Gasteiger partial charge in [-0.25, -0.2) is 4.98 Å². The quantitative estimate of drug-likeness (QED) is 0.706. The molecule has 0 spiro atoms. The molecule has 2 N–H and O–H groups in total. The minimum Gasteiger partial charge on any atom is -0.334 e. The lowest BCUT2D eigenvalue weighted by Crippen LogP contribution is -2.32. The molecule has 1 aromatic heterocycles. The van der Waals surface area contributed by atoms with Crippen LogP contribution in [-0.2, 0) is 17.4 Å². The normalized spacial score (nSPS) is 16.5. The molecule has 1 unspecified atom stereocenters. The largest absolute Gasteiger partial charge is 0.449 e. The maximum absolute atomic E-state index is 12.8. The number of hydrogen-bond donors (Lipinski definition) is 2. The molecule has 2 aromatic carbocycles. The van der Waals surface area contributed by atoms with Crippen LogP contribution in [0.1, 0.15) is 29.4 Å². The van der Waals surface area contributed by atoms with Crippen LogP contribution < -0.4 is 5.32 Å². The number of nitrogens with zero attached hydrogens (tertiary/aromatic N) is 2. The molecular formula is C20H19F3N4O. The average molecular weight is 388 g/mol. The summed E-state index contributed by atoms with van der Waals surface area (Å²) in [5.41, 5.74) is 3.41. The number of hydrogen-bond acceptors (Lipinski definition) is 3. The molecule has 0 fully saturated rings. The minimum atomic E-state index is -4.54. The summed E-state index contributed by atoms with van der Waals surface area (Å²) in [4.78, 5) is 20.2. The van der Waals surface area contributed by atoms with Crippen LogP contribution in [0.3, 0.4) is 0 Å². The van der Waals surface area contributed by atoms with Gasteiger partial charge in [0.15, 0.2) is 0 Å². The van der Waals surface area contributed by atoms with E-state index in [2.05, 4.69) is 27.4 Å². The second-order valence-electron chi connectivity index (χ2n) is 7.03. The Hall–Kier alpha value is -2.87. The first-order valence-electron chi connectivity index (χ1n) is 8.96. The van der Waals surface area contributed by atoms with E-state index in [1.807, 2.05) is 24.1 Å². The molecule has 3 aromatic rings. The summed E-state index contributed by atoms with van der Waals surface area (Å²) in [5, 5.41) is 2.75. The Morgan fingerprint density at radius 2 is 2.07 bits per heavy atom. The summed E-state index contributed by atoms with van der Waals surface area (Å²) in [6, 6.07) is 12.9. The van der Waals surface area contributed by atoms with E-state index in [0.717, 1.165) is 12.8 Å². The fourth-order valence-electron chi connectivity index (χ4n) is 3.75. The van der Waals surface area contributed by atoms with Gasteiger partial charge in [-0.15, -0.1) is 0 Å². The number of aryl methyl sites for hydroxylation is 1. The highest BCUT2D eigenvalue weighted by Gasteiger charge is 2.34. The number of fused-ring (bicyclic) bond motifs is 2. The monoisotopic (exact) mass is 388 g/mol. The zero-order valence-corrected chi connectivity index (χ0v) is 15.2. The number of imidazole rings is 1. The van der Waals surface area contributed by atoms with E-state index in [-0.39, 0.29) is 29.5 Å². The Bertz CT molecular complexity index is 1030. The van der Waals surface area contributed by atoms with E-state index in [1.165, 1.54) is 23.3 Å². The molecule has 1 aliphatic carbocycles. The smallest absolute Gasteiger partial charge is 0.334 e. The number of likely N-dealkylation sites (N-methyl/N-ethyl adjacent to an activating group) is 1. The van der Waals surface area contributed by atoms with Crippen molar-refractivity contribution in [2.24, 2.45) is 0 Å². The van der Waals surface area contributed by atoms with Crippen LogP contribution >= 0.6 is 0 Å².